The lowest BCUT2D eigenvalue weighted by Gasteiger charge is -2.24. The molecule has 1 fully saturated rings. The van der Waals surface area contributed by atoms with E-state index in [2.05, 4.69) is 4.98 Å². The van der Waals surface area contributed by atoms with E-state index < -0.39 is 0 Å². The van der Waals surface area contributed by atoms with Crippen LogP contribution in [0.25, 0.3) is 0 Å². The first-order valence-electron chi connectivity index (χ1n) is 9.48. The molecule has 1 saturated heterocycles. The second-order valence-electron chi connectivity index (χ2n) is 6.66. The quantitative estimate of drug-likeness (QED) is 0.630. The maximum absolute atomic E-state index is 13.3. The maximum atomic E-state index is 13.3. The third kappa shape index (κ3) is 4.22. The van der Waals surface area contributed by atoms with Crippen LogP contribution in [0.2, 0.25) is 0 Å². The summed E-state index contributed by atoms with van der Waals surface area (Å²) in [6.45, 7) is 1.23. The van der Waals surface area contributed by atoms with Gasteiger partial charge in [-0.05, 0) is 36.4 Å². The molecule has 1 amide bonds. The van der Waals surface area contributed by atoms with Gasteiger partial charge in [0.05, 0.1) is 31.6 Å². The molecule has 148 valence electrons. The molecule has 0 unspecified atom stereocenters. The van der Waals surface area contributed by atoms with E-state index in [0.29, 0.717) is 36.0 Å². The van der Waals surface area contributed by atoms with Gasteiger partial charge in [0.1, 0.15) is 6.10 Å². The highest BCUT2D eigenvalue weighted by atomic mass is 16.6. The molecular formula is C23H22N2O4. The molecule has 0 radical (unpaired) electrons. The van der Waals surface area contributed by atoms with E-state index in [9.17, 15) is 4.79 Å². The first-order chi connectivity index (χ1) is 14.3. The van der Waals surface area contributed by atoms with Gasteiger partial charge in [-0.3, -0.25) is 14.7 Å². The molecule has 0 N–H and O–H groups in total. The van der Waals surface area contributed by atoms with Crippen LogP contribution in [0.15, 0.2) is 73.1 Å². The number of para-hydroxylation sites is 1. The number of pyridine rings is 1. The zero-order valence-electron chi connectivity index (χ0n) is 16.2. The van der Waals surface area contributed by atoms with Crippen LogP contribution >= 0.6 is 0 Å². The van der Waals surface area contributed by atoms with Gasteiger partial charge in [0.2, 0.25) is 0 Å². The number of ether oxygens (including phenoxy) is 3. The molecule has 4 rings (SSSR count). The summed E-state index contributed by atoms with van der Waals surface area (Å²) in [5.41, 5.74) is 1.93. The molecule has 0 saturated carbocycles. The Bertz CT molecular complexity index is 957. The minimum absolute atomic E-state index is 0.0293. The number of carbonyl (C=O) groups excluding carboxylic acids is 1. The zero-order chi connectivity index (χ0) is 20.1. The average Bonchev–Trinajstić information content (AvgIpc) is 3.28. The van der Waals surface area contributed by atoms with Gasteiger partial charge in [-0.25, -0.2) is 0 Å². The average molecular weight is 390 g/mol. The number of nitrogens with zero attached hydrogens (tertiary/aromatic N) is 2. The second-order valence-corrected chi connectivity index (χ2v) is 6.66. The minimum atomic E-state index is -0.176. The number of amides is 1. The van der Waals surface area contributed by atoms with Gasteiger partial charge in [-0.15, -0.1) is 0 Å². The number of benzene rings is 2. The maximum Gasteiger partial charge on any atom is 0.264 e. The van der Waals surface area contributed by atoms with Gasteiger partial charge in [0.15, 0.2) is 11.5 Å². The summed E-state index contributed by atoms with van der Waals surface area (Å²) < 4.78 is 17.0. The summed E-state index contributed by atoms with van der Waals surface area (Å²) in [4.78, 5) is 19.1. The van der Waals surface area contributed by atoms with Crippen LogP contribution in [0, 0.1) is 0 Å². The van der Waals surface area contributed by atoms with Crippen LogP contribution in [-0.4, -0.2) is 37.3 Å². The van der Waals surface area contributed by atoms with E-state index in [1.807, 2.05) is 48.5 Å². The Kier molecular flexibility index (Phi) is 5.72. The van der Waals surface area contributed by atoms with Gasteiger partial charge in [-0.2, -0.15) is 0 Å². The topological polar surface area (TPSA) is 60.9 Å². The molecule has 29 heavy (non-hydrogen) atoms. The van der Waals surface area contributed by atoms with Crippen molar-refractivity contribution in [2.75, 3.05) is 25.2 Å². The Balaban J connectivity index is 1.75. The van der Waals surface area contributed by atoms with Crippen LogP contribution in [0.3, 0.4) is 0 Å². The van der Waals surface area contributed by atoms with Crippen LogP contribution in [0.4, 0.5) is 11.4 Å². The number of rotatable bonds is 6. The third-order valence-electron chi connectivity index (χ3n) is 4.71. The monoisotopic (exact) mass is 390 g/mol. The van der Waals surface area contributed by atoms with Gasteiger partial charge >= 0.3 is 0 Å². The molecule has 2 heterocycles. The largest absolute Gasteiger partial charge is 0.493 e. The molecule has 2 aromatic carbocycles. The van der Waals surface area contributed by atoms with Crippen molar-refractivity contribution in [3.05, 3.63) is 78.6 Å². The first kappa shape index (κ1) is 19.0. The van der Waals surface area contributed by atoms with Crippen molar-refractivity contribution in [3.63, 3.8) is 0 Å². The van der Waals surface area contributed by atoms with Crippen molar-refractivity contribution in [2.45, 2.75) is 12.5 Å². The predicted molar refractivity (Wildman–Crippen MR) is 110 cm³/mol. The molecule has 1 aliphatic heterocycles. The third-order valence-corrected chi connectivity index (χ3v) is 4.71. The first-order valence-corrected chi connectivity index (χ1v) is 9.48. The van der Waals surface area contributed by atoms with Gasteiger partial charge < -0.3 is 14.2 Å². The summed E-state index contributed by atoms with van der Waals surface area (Å²) in [6, 6.07) is 18.5. The molecular weight excluding hydrogens is 368 g/mol. The molecule has 6 nitrogen and oxygen atoms in total. The van der Waals surface area contributed by atoms with Gasteiger partial charge in [0, 0.05) is 30.6 Å². The lowest BCUT2D eigenvalue weighted by atomic mass is 10.1. The standard InChI is InChI=1S/C23H22N2O4/c1-27-21-10-9-19(14-22(21)29-20-11-13-28-16-20)25(18-7-3-2-4-8-18)23(26)17-6-5-12-24-15-17/h2-10,12,14-15,20H,11,13,16H2,1H3/t20-/m1/s1. The molecule has 1 atom stereocenters. The van der Waals surface area contributed by atoms with Crippen molar-refractivity contribution < 1.29 is 19.0 Å². The zero-order valence-corrected chi connectivity index (χ0v) is 16.2. The number of hydrogen-bond acceptors (Lipinski definition) is 5. The van der Waals surface area contributed by atoms with Crippen molar-refractivity contribution in [2.24, 2.45) is 0 Å². The number of methoxy groups -OCH3 is 1. The smallest absolute Gasteiger partial charge is 0.264 e. The fourth-order valence-corrected chi connectivity index (χ4v) is 3.26. The minimum Gasteiger partial charge on any atom is -0.493 e. The van der Waals surface area contributed by atoms with Crippen molar-refractivity contribution in [1.29, 1.82) is 0 Å². The van der Waals surface area contributed by atoms with Crippen LogP contribution < -0.4 is 14.4 Å². The summed E-state index contributed by atoms with van der Waals surface area (Å²) in [5.74, 6) is 1.02. The molecule has 6 heteroatoms. The SMILES string of the molecule is COc1ccc(N(C(=O)c2cccnc2)c2ccccc2)cc1O[C@@H]1CCOC1. The highest BCUT2D eigenvalue weighted by Gasteiger charge is 2.23. The molecule has 1 aliphatic rings. The highest BCUT2D eigenvalue weighted by molar-refractivity contribution is 6.10. The summed E-state index contributed by atoms with van der Waals surface area (Å²) in [7, 11) is 1.60. The highest BCUT2D eigenvalue weighted by Crippen LogP contribution is 2.36. The predicted octanol–water partition coefficient (Wildman–Crippen LogP) is 4.24. The molecule has 3 aromatic rings. The van der Waals surface area contributed by atoms with E-state index in [-0.39, 0.29) is 12.0 Å². The Morgan fingerprint density at radius 3 is 2.62 bits per heavy atom. The van der Waals surface area contributed by atoms with Crippen LogP contribution in [-0.2, 0) is 4.74 Å². The second kappa shape index (κ2) is 8.75. The van der Waals surface area contributed by atoms with Gasteiger partial charge in [-0.1, -0.05) is 18.2 Å². The summed E-state index contributed by atoms with van der Waals surface area (Å²) in [5, 5.41) is 0. The number of carbonyl (C=O) groups is 1. The van der Waals surface area contributed by atoms with Crippen molar-refractivity contribution in [1.82, 2.24) is 4.98 Å². The Labute approximate surface area is 169 Å². The fourth-order valence-electron chi connectivity index (χ4n) is 3.26. The van der Waals surface area contributed by atoms with Crippen molar-refractivity contribution in [3.8, 4) is 11.5 Å². The molecule has 0 aliphatic carbocycles. The number of anilines is 2. The molecule has 0 bridgehead atoms. The lowest BCUT2D eigenvalue weighted by molar-refractivity contribution is 0.0999. The number of hydrogen-bond donors (Lipinski definition) is 0. The summed E-state index contributed by atoms with van der Waals surface area (Å²) in [6.07, 6.45) is 4.00. The van der Waals surface area contributed by atoms with Crippen LogP contribution in [0.5, 0.6) is 11.5 Å². The Morgan fingerprint density at radius 1 is 1.07 bits per heavy atom. The summed E-state index contributed by atoms with van der Waals surface area (Å²) >= 11 is 0. The Hall–Kier alpha value is -3.38. The normalized spacial score (nSPS) is 15.7. The van der Waals surface area contributed by atoms with E-state index in [1.54, 1.807) is 36.5 Å². The fraction of sp³-hybridized carbons (Fsp3) is 0.217. The van der Waals surface area contributed by atoms with E-state index in [4.69, 9.17) is 14.2 Å². The lowest BCUT2D eigenvalue weighted by Crippen LogP contribution is -2.26. The van der Waals surface area contributed by atoms with Crippen LogP contribution in [0.1, 0.15) is 16.8 Å². The number of aromatic nitrogens is 1. The molecule has 1 aromatic heterocycles. The van der Waals surface area contributed by atoms with E-state index >= 15 is 0 Å². The Morgan fingerprint density at radius 2 is 1.93 bits per heavy atom. The van der Waals surface area contributed by atoms with E-state index in [1.165, 1.54) is 0 Å². The molecule has 0 spiro atoms. The van der Waals surface area contributed by atoms with Gasteiger partial charge in [0.25, 0.3) is 5.91 Å². The van der Waals surface area contributed by atoms with Crippen molar-refractivity contribution >= 4 is 17.3 Å². The van der Waals surface area contributed by atoms with E-state index in [0.717, 1.165) is 12.1 Å².